The lowest BCUT2D eigenvalue weighted by atomic mass is 10.1. The third kappa shape index (κ3) is 3.89. The lowest BCUT2D eigenvalue weighted by Gasteiger charge is -2.06. The smallest absolute Gasteiger partial charge is 0.340 e. The average molecular weight is 405 g/mol. The van der Waals surface area contributed by atoms with Crippen molar-refractivity contribution < 1.29 is 18.7 Å². The van der Waals surface area contributed by atoms with Gasteiger partial charge in [0.2, 0.25) is 5.55 Å². The molecule has 0 saturated carbocycles. The fourth-order valence-corrected chi connectivity index (χ4v) is 3.72. The number of amides is 1. The van der Waals surface area contributed by atoms with E-state index in [-0.39, 0.29) is 22.6 Å². The highest BCUT2D eigenvalue weighted by Gasteiger charge is 2.21. The quantitative estimate of drug-likeness (QED) is 0.611. The summed E-state index contributed by atoms with van der Waals surface area (Å²) in [5.41, 5.74) is 0.504. The third-order valence-corrected chi connectivity index (χ3v) is 5.51. The van der Waals surface area contributed by atoms with Crippen LogP contribution in [-0.2, 0) is 4.74 Å². The largest absolute Gasteiger partial charge is 0.465 e. The molecule has 6 nitrogen and oxygen atoms in total. The molecule has 1 amide bonds. The van der Waals surface area contributed by atoms with E-state index in [0.29, 0.717) is 21.0 Å². The SMILES string of the molecule is COC(=O)c1cc(C(C)C)sc1NC(=O)c1cc2cc(Cl)ccc2oc1=N. The van der Waals surface area contributed by atoms with Gasteiger partial charge in [-0.05, 0) is 36.2 Å². The molecule has 0 aliphatic rings. The molecule has 27 heavy (non-hydrogen) atoms. The molecular weight excluding hydrogens is 388 g/mol. The van der Waals surface area contributed by atoms with Crippen LogP contribution in [-0.4, -0.2) is 19.0 Å². The van der Waals surface area contributed by atoms with Crippen molar-refractivity contribution in [1.29, 1.82) is 5.41 Å². The van der Waals surface area contributed by atoms with E-state index in [0.717, 1.165) is 4.88 Å². The number of anilines is 1. The van der Waals surface area contributed by atoms with Gasteiger partial charge in [0.15, 0.2) is 0 Å². The number of fused-ring (bicyclic) bond motifs is 1. The zero-order valence-electron chi connectivity index (χ0n) is 14.9. The molecule has 3 aromatic rings. The predicted molar refractivity (Wildman–Crippen MR) is 105 cm³/mol. The molecular formula is C19H17ClN2O4S. The number of halogens is 1. The number of hydrogen-bond donors (Lipinski definition) is 2. The van der Waals surface area contributed by atoms with Gasteiger partial charge in [-0.2, -0.15) is 0 Å². The van der Waals surface area contributed by atoms with E-state index in [4.69, 9.17) is 26.2 Å². The highest BCUT2D eigenvalue weighted by atomic mass is 35.5. The molecule has 3 rings (SSSR count). The fourth-order valence-electron chi connectivity index (χ4n) is 2.50. The molecule has 0 spiro atoms. The van der Waals surface area contributed by atoms with Crippen LogP contribution in [0.2, 0.25) is 5.02 Å². The number of nitrogens with one attached hydrogen (secondary N) is 2. The lowest BCUT2D eigenvalue weighted by molar-refractivity contribution is 0.0602. The van der Waals surface area contributed by atoms with Crippen molar-refractivity contribution in [3.8, 4) is 0 Å². The van der Waals surface area contributed by atoms with Crippen molar-refractivity contribution in [3.05, 3.63) is 56.9 Å². The number of carbonyl (C=O) groups excluding carboxylic acids is 2. The van der Waals surface area contributed by atoms with Gasteiger partial charge in [-0.15, -0.1) is 11.3 Å². The minimum atomic E-state index is -0.548. The van der Waals surface area contributed by atoms with E-state index in [1.165, 1.54) is 24.5 Å². The standard InChI is InChI=1S/C19H17ClN2O4S/c1-9(2)15-8-13(19(24)25-3)18(27-15)22-17(23)12-7-10-6-11(20)4-5-14(10)26-16(12)21/h4-9,21H,1-3H3,(H,22,23). The van der Waals surface area contributed by atoms with Crippen LogP contribution < -0.4 is 10.9 Å². The van der Waals surface area contributed by atoms with Gasteiger partial charge in [0, 0.05) is 15.3 Å². The molecule has 0 unspecified atom stereocenters. The molecule has 0 bridgehead atoms. The molecule has 0 atom stereocenters. The summed E-state index contributed by atoms with van der Waals surface area (Å²) in [4.78, 5) is 25.7. The van der Waals surface area contributed by atoms with Crippen LogP contribution in [0.3, 0.4) is 0 Å². The monoisotopic (exact) mass is 404 g/mol. The van der Waals surface area contributed by atoms with Gasteiger partial charge in [-0.3, -0.25) is 10.2 Å². The first kappa shape index (κ1) is 19.1. The Balaban J connectivity index is 2.00. The topological polar surface area (TPSA) is 92.4 Å². The van der Waals surface area contributed by atoms with E-state index < -0.39 is 11.9 Å². The van der Waals surface area contributed by atoms with E-state index in [1.807, 2.05) is 13.8 Å². The molecule has 2 aromatic heterocycles. The fraction of sp³-hybridized carbons (Fsp3) is 0.211. The second-order valence-electron chi connectivity index (χ2n) is 6.16. The van der Waals surface area contributed by atoms with Crippen molar-refractivity contribution in [2.24, 2.45) is 0 Å². The average Bonchev–Trinajstić information content (AvgIpc) is 3.04. The summed E-state index contributed by atoms with van der Waals surface area (Å²) in [6.07, 6.45) is 0. The Bertz CT molecular complexity index is 1100. The Morgan fingerprint density at radius 1 is 1.22 bits per heavy atom. The van der Waals surface area contributed by atoms with Crippen LogP contribution in [0.1, 0.15) is 45.4 Å². The van der Waals surface area contributed by atoms with Gasteiger partial charge in [0.1, 0.15) is 16.1 Å². The maximum Gasteiger partial charge on any atom is 0.340 e. The summed E-state index contributed by atoms with van der Waals surface area (Å²) in [5, 5.41) is 12.2. The first-order valence-electron chi connectivity index (χ1n) is 8.11. The van der Waals surface area contributed by atoms with Gasteiger partial charge >= 0.3 is 5.97 Å². The summed E-state index contributed by atoms with van der Waals surface area (Å²) in [7, 11) is 1.29. The molecule has 1 aromatic carbocycles. The summed E-state index contributed by atoms with van der Waals surface area (Å²) in [6, 6.07) is 8.19. The molecule has 2 N–H and O–H groups in total. The number of esters is 1. The normalized spacial score (nSPS) is 11.0. The Labute approximate surface area is 164 Å². The molecule has 0 radical (unpaired) electrons. The van der Waals surface area contributed by atoms with Crippen molar-refractivity contribution >= 4 is 50.8 Å². The highest BCUT2D eigenvalue weighted by molar-refractivity contribution is 7.16. The van der Waals surface area contributed by atoms with Crippen molar-refractivity contribution in [2.45, 2.75) is 19.8 Å². The second-order valence-corrected chi connectivity index (χ2v) is 7.68. The zero-order chi connectivity index (χ0) is 19.7. The Hall–Kier alpha value is -2.64. The maximum absolute atomic E-state index is 12.7. The van der Waals surface area contributed by atoms with Gasteiger partial charge < -0.3 is 14.5 Å². The summed E-state index contributed by atoms with van der Waals surface area (Å²) < 4.78 is 10.2. The summed E-state index contributed by atoms with van der Waals surface area (Å²) in [6.45, 7) is 3.98. The number of methoxy groups -OCH3 is 1. The second kappa shape index (κ2) is 7.54. The van der Waals surface area contributed by atoms with Crippen molar-refractivity contribution in [2.75, 3.05) is 12.4 Å². The van der Waals surface area contributed by atoms with Crippen LogP contribution in [0.4, 0.5) is 5.00 Å². The van der Waals surface area contributed by atoms with Gasteiger partial charge in [-0.1, -0.05) is 25.4 Å². The number of ether oxygens (including phenoxy) is 1. The van der Waals surface area contributed by atoms with Crippen LogP contribution >= 0.6 is 22.9 Å². The van der Waals surface area contributed by atoms with Gasteiger partial charge in [0.25, 0.3) is 5.91 Å². The molecule has 0 aliphatic carbocycles. The molecule has 140 valence electrons. The van der Waals surface area contributed by atoms with Crippen LogP contribution in [0.5, 0.6) is 0 Å². The minimum Gasteiger partial charge on any atom is -0.465 e. The van der Waals surface area contributed by atoms with Crippen molar-refractivity contribution in [3.63, 3.8) is 0 Å². The van der Waals surface area contributed by atoms with Crippen molar-refractivity contribution in [1.82, 2.24) is 0 Å². The highest BCUT2D eigenvalue weighted by Crippen LogP contribution is 2.33. The number of benzene rings is 1. The lowest BCUT2D eigenvalue weighted by Crippen LogP contribution is -2.21. The first-order valence-corrected chi connectivity index (χ1v) is 9.31. The number of thiophene rings is 1. The summed E-state index contributed by atoms with van der Waals surface area (Å²) >= 11 is 7.29. The van der Waals surface area contributed by atoms with E-state index in [2.05, 4.69) is 5.32 Å². The minimum absolute atomic E-state index is 0.0417. The molecule has 2 heterocycles. The van der Waals surface area contributed by atoms with Crippen LogP contribution in [0.25, 0.3) is 11.0 Å². The Morgan fingerprint density at radius 2 is 1.96 bits per heavy atom. The maximum atomic E-state index is 12.7. The number of rotatable bonds is 4. The summed E-state index contributed by atoms with van der Waals surface area (Å²) in [5.74, 6) is -0.893. The van der Waals surface area contributed by atoms with E-state index >= 15 is 0 Å². The van der Waals surface area contributed by atoms with Gasteiger partial charge in [-0.25, -0.2) is 4.79 Å². The van der Waals surface area contributed by atoms with E-state index in [1.54, 1.807) is 24.3 Å². The Kier molecular flexibility index (Phi) is 5.34. The zero-order valence-corrected chi connectivity index (χ0v) is 16.5. The predicted octanol–water partition coefficient (Wildman–Crippen LogP) is 4.79. The molecule has 0 fully saturated rings. The number of hydrogen-bond acceptors (Lipinski definition) is 6. The molecule has 0 saturated heterocycles. The van der Waals surface area contributed by atoms with Gasteiger partial charge in [0.05, 0.1) is 12.7 Å². The van der Waals surface area contributed by atoms with E-state index in [9.17, 15) is 9.59 Å². The Morgan fingerprint density at radius 3 is 2.63 bits per heavy atom. The number of carbonyl (C=O) groups is 2. The third-order valence-electron chi connectivity index (χ3n) is 3.93. The van der Waals surface area contributed by atoms with Crippen LogP contribution in [0, 0.1) is 5.41 Å². The van der Waals surface area contributed by atoms with Crippen LogP contribution in [0.15, 0.2) is 34.7 Å². The molecule has 0 aliphatic heterocycles. The first-order chi connectivity index (χ1) is 12.8. The molecule has 8 heteroatoms.